The summed E-state index contributed by atoms with van der Waals surface area (Å²) in [5, 5.41) is 3.19. The van der Waals surface area contributed by atoms with Gasteiger partial charge in [0.05, 0.1) is 12.7 Å². The quantitative estimate of drug-likeness (QED) is 0.591. The van der Waals surface area contributed by atoms with Crippen molar-refractivity contribution in [3.63, 3.8) is 0 Å². The normalized spacial score (nSPS) is 10.5. The zero-order valence-electron chi connectivity index (χ0n) is 7.81. The zero-order chi connectivity index (χ0) is 8.69. The second-order valence-electron chi connectivity index (χ2n) is 2.89. The van der Waals surface area contributed by atoms with Crippen LogP contribution in [0, 0.1) is 0 Å². The maximum atomic E-state index is 5.36. The lowest BCUT2D eigenvalue weighted by Gasteiger charge is -2.09. The van der Waals surface area contributed by atoms with Crippen LogP contribution in [0.25, 0.3) is 0 Å². The summed E-state index contributed by atoms with van der Waals surface area (Å²) in [6.45, 7) is 12.5. The van der Waals surface area contributed by atoms with Crippen LogP contribution in [0.5, 0.6) is 0 Å². The smallest absolute Gasteiger partial charge is 0.0689 e. The maximum absolute atomic E-state index is 5.36. The van der Waals surface area contributed by atoms with Crippen LogP contribution in [-0.2, 0) is 4.74 Å². The van der Waals surface area contributed by atoms with Crippen LogP contribution in [0.4, 0.5) is 0 Å². The van der Waals surface area contributed by atoms with Crippen LogP contribution in [-0.4, -0.2) is 25.8 Å². The van der Waals surface area contributed by atoms with Crippen LogP contribution in [0.1, 0.15) is 20.8 Å². The highest BCUT2D eigenvalue weighted by Gasteiger charge is 1.95. The van der Waals surface area contributed by atoms with Gasteiger partial charge in [-0.1, -0.05) is 13.5 Å². The lowest BCUT2D eigenvalue weighted by atomic mass is 10.3. The van der Waals surface area contributed by atoms with Crippen molar-refractivity contribution in [2.75, 3.05) is 19.7 Å². The van der Waals surface area contributed by atoms with Crippen molar-refractivity contribution >= 4 is 0 Å². The Morgan fingerprint density at radius 1 is 1.55 bits per heavy atom. The SMILES string of the molecule is C=C(CNCC)COC(C)C. The molecule has 0 aromatic carbocycles. The molecule has 11 heavy (non-hydrogen) atoms. The Morgan fingerprint density at radius 2 is 2.18 bits per heavy atom. The van der Waals surface area contributed by atoms with E-state index in [1.165, 1.54) is 0 Å². The Hall–Kier alpha value is -0.340. The standard InChI is InChI=1S/C9H19NO/c1-5-10-6-9(4)7-11-8(2)3/h8,10H,4-7H2,1-3H3. The van der Waals surface area contributed by atoms with Crippen molar-refractivity contribution < 1.29 is 4.74 Å². The van der Waals surface area contributed by atoms with E-state index in [2.05, 4.69) is 18.8 Å². The van der Waals surface area contributed by atoms with Crippen molar-refractivity contribution in [1.82, 2.24) is 5.32 Å². The maximum Gasteiger partial charge on any atom is 0.0689 e. The van der Waals surface area contributed by atoms with E-state index in [0.717, 1.165) is 18.7 Å². The Balaban J connectivity index is 3.23. The van der Waals surface area contributed by atoms with Gasteiger partial charge < -0.3 is 10.1 Å². The van der Waals surface area contributed by atoms with Crippen molar-refractivity contribution in [2.24, 2.45) is 0 Å². The molecule has 0 atom stereocenters. The van der Waals surface area contributed by atoms with E-state index in [4.69, 9.17) is 4.74 Å². The summed E-state index contributed by atoms with van der Waals surface area (Å²) in [6.07, 6.45) is 0.299. The van der Waals surface area contributed by atoms with Crippen LogP contribution in [0.15, 0.2) is 12.2 Å². The minimum atomic E-state index is 0.299. The van der Waals surface area contributed by atoms with Gasteiger partial charge in [0.25, 0.3) is 0 Å². The van der Waals surface area contributed by atoms with Gasteiger partial charge in [-0.25, -0.2) is 0 Å². The van der Waals surface area contributed by atoms with Gasteiger partial charge in [-0.3, -0.25) is 0 Å². The topological polar surface area (TPSA) is 21.3 Å². The second kappa shape index (κ2) is 6.38. The number of likely N-dealkylation sites (N-methyl/N-ethyl adjacent to an activating group) is 1. The average Bonchev–Trinajstić information content (AvgIpc) is 1.97. The van der Waals surface area contributed by atoms with Gasteiger partial charge in [0.2, 0.25) is 0 Å². The van der Waals surface area contributed by atoms with Gasteiger partial charge in [-0.15, -0.1) is 0 Å². The summed E-state index contributed by atoms with van der Waals surface area (Å²) in [6, 6.07) is 0. The lowest BCUT2D eigenvalue weighted by Crippen LogP contribution is -2.19. The Morgan fingerprint density at radius 3 is 2.64 bits per heavy atom. The van der Waals surface area contributed by atoms with E-state index in [1.807, 2.05) is 13.8 Å². The van der Waals surface area contributed by atoms with Gasteiger partial charge in [0.1, 0.15) is 0 Å². The fourth-order valence-electron chi connectivity index (χ4n) is 0.637. The third-order valence-electron chi connectivity index (χ3n) is 1.25. The molecule has 0 saturated heterocycles. The summed E-state index contributed by atoms with van der Waals surface area (Å²) in [5.41, 5.74) is 1.11. The Bertz CT molecular complexity index is 110. The van der Waals surface area contributed by atoms with Crippen molar-refractivity contribution in [1.29, 1.82) is 0 Å². The highest BCUT2D eigenvalue weighted by molar-refractivity contribution is 4.96. The highest BCUT2D eigenvalue weighted by atomic mass is 16.5. The minimum absolute atomic E-state index is 0.299. The molecule has 66 valence electrons. The first-order valence-corrected chi connectivity index (χ1v) is 4.15. The molecule has 0 aromatic heterocycles. The number of nitrogens with one attached hydrogen (secondary N) is 1. The fraction of sp³-hybridized carbons (Fsp3) is 0.778. The van der Waals surface area contributed by atoms with E-state index in [-0.39, 0.29) is 0 Å². The van der Waals surface area contributed by atoms with Crippen LogP contribution < -0.4 is 5.32 Å². The molecule has 0 fully saturated rings. The monoisotopic (exact) mass is 157 g/mol. The van der Waals surface area contributed by atoms with Crippen LogP contribution in [0.3, 0.4) is 0 Å². The molecule has 1 N–H and O–H groups in total. The molecule has 2 heteroatoms. The fourth-order valence-corrected chi connectivity index (χ4v) is 0.637. The molecule has 0 unspecified atom stereocenters. The molecule has 0 bridgehead atoms. The first-order chi connectivity index (χ1) is 5.16. The third kappa shape index (κ3) is 7.56. The molecule has 0 aliphatic heterocycles. The third-order valence-corrected chi connectivity index (χ3v) is 1.25. The molecule has 0 rings (SSSR count). The molecular formula is C9H19NO. The van der Waals surface area contributed by atoms with Gasteiger partial charge in [0, 0.05) is 6.54 Å². The molecule has 0 spiro atoms. The number of ether oxygens (including phenoxy) is 1. The minimum Gasteiger partial charge on any atom is -0.374 e. The van der Waals surface area contributed by atoms with Gasteiger partial charge in [-0.2, -0.15) is 0 Å². The number of rotatable bonds is 6. The molecule has 0 amide bonds. The molecule has 0 aromatic rings. The van der Waals surface area contributed by atoms with Gasteiger partial charge >= 0.3 is 0 Å². The summed E-state index contributed by atoms with van der Waals surface area (Å²) in [4.78, 5) is 0. The number of hydrogen-bond donors (Lipinski definition) is 1. The summed E-state index contributed by atoms with van der Waals surface area (Å²) < 4.78 is 5.36. The molecule has 0 radical (unpaired) electrons. The molecule has 2 nitrogen and oxygen atoms in total. The summed E-state index contributed by atoms with van der Waals surface area (Å²) >= 11 is 0. The van der Waals surface area contributed by atoms with Crippen LogP contribution >= 0.6 is 0 Å². The lowest BCUT2D eigenvalue weighted by molar-refractivity contribution is 0.0965. The van der Waals surface area contributed by atoms with Gasteiger partial charge in [0.15, 0.2) is 0 Å². The Labute approximate surface area is 69.6 Å². The van der Waals surface area contributed by atoms with Crippen molar-refractivity contribution in [2.45, 2.75) is 26.9 Å². The van der Waals surface area contributed by atoms with Crippen molar-refractivity contribution in [3.8, 4) is 0 Å². The number of hydrogen-bond acceptors (Lipinski definition) is 2. The van der Waals surface area contributed by atoms with E-state index < -0.39 is 0 Å². The second-order valence-corrected chi connectivity index (χ2v) is 2.89. The molecule has 0 aliphatic carbocycles. The Kier molecular flexibility index (Phi) is 6.18. The van der Waals surface area contributed by atoms with E-state index in [1.54, 1.807) is 0 Å². The van der Waals surface area contributed by atoms with E-state index in [0.29, 0.717) is 12.7 Å². The molecule has 0 aliphatic rings. The molecule has 0 saturated carbocycles. The molecule has 0 heterocycles. The summed E-state index contributed by atoms with van der Waals surface area (Å²) in [5.74, 6) is 0. The average molecular weight is 157 g/mol. The predicted octanol–water partition coefficient (Wildman–Crippen LogP) is 1.58. The van der Waals surface area contributed by atoms with E-state index >= 15 is 0 Å². The highest BCUT2D eigenvalue weighted by Crippen LogP contribution is 1.93. The van der Waals surface area contributed by atoms with E-state index in [9.17, 15) is 0 Å². The van der Waals surface area contributed by atoms with Crippen molar-refractivity contribution in [3.05, 3.63) is 12.2 Å². The predicted molar refractivity (Wildman–Crippen MR) is 48.8 cm³/mol. The largest absolute Gasteiger partial charge is 0.374 e. The molecular weight excluding hydrogens is 138 g/mol. The summed E-state index contributed by atoms with van der Waals surface area (Å²) in [7, 11) is 0. The first-order valence-electron chi connectivity index (χ1n) is 4.15. The van der Waals surface area contributed by atoms with Gasteiger partial charge in [-0.05, 0) is 26.0 Å². The first kappa shape index (κ1) is 10.7. The zero-order valence-corrected chi connectivity index (χ0v) is 7.81. The van der Waals surface area contributed by atoms with Crippen LogP contribution in [0.2, 0.25) is 0 Å².